The smallest absolute Gasteiger partial charge is 0.773 e. The summed E-state index contributed by atoms with van der Waals surface area (Å²) in [6, 6.07) is 28.6. The number of hydrogen-bond acceptors (Lipinski definition) is 1. The van der Waals surface area contributed by atoms with Crippen molar-refractivity contribution in [3.63, 3.8) is 0 Å². The normalized spacial score (nSPS) is 11.1. The second-order valence-electron chi connectivity index (χ2n) is 17.8. The Balaban J connectivity index is 0.000000676. The van der Waals surface area contributed by atoms with Crippen LogP contribution < -0.4 is 0 Å². The zero-order valence-electron chi connectivity index (χ0n) is 36.2. The molecule has 7 heteroatoms. The Hall–Kier alpha value is -3.34. The number of benzene rings is 4. The number of aryl methyl sites for hydroxylation is 6. The van der Waals surface area contributed by atoms with E-state index >= 15 is 0 Å². The van der Waals surface area contributed by atoms with Gasteiger partial charge in [-0.05, 0) is 72.6 Å². The standard InChI is InChI=1S/3C12H18N.C10H14NOSi.Mo/c3*1-9-6-10(2)8-11(7-9)13-12(3,4)5;1-13(2,3)12-10(11)9-7-5-4-6-8-9;/h3*6-8H,1-5H3;4-8H,1-3H3;/q4*-1;+4. The fraction of sp³-hybridized carbons (Fsp3) is 0.457. The van der Waals surface area contributed by atoms with Crippen LogP contribution in [0.1, 0.15) is 101 Å². The fourth-order valence-corrected chi connectivity index (χ4v) is 5.84. The predicted molar refractivity (Wildman–Crippen MR) is 234 cm³/mol. The van der Waals surface area contributed by atoms with E-state index in [9.17, 15) is 5.41 Å². The SMILES string of the molecule is C[Si](C)(C)OC(=[N-])c1ccccc1.Cc1cc(C)cc([N-]C(C)(C)C)c1.Cc1cc(C)cc([N-]C(C)(C)C)c1.Cc1cc(C)cc([N-]C(C)(C)C)c1.[Mo+4]. The van der Waals surface area contributed by atoms with Crippen LogP contribution in [0.15, 0.2) is 84.9 Å². The van der Waals surface area contributed by atoms with Crippen LogP contribution in [0.5, 0.6) is 0 Å². The minimum atomic E-state index is -1.69. The van der Waals surface area contributed by atoms with Gasteiger partial charge in [0.2, 0.25) is 8.32 Å². The van der Waals surface area contributed by atoms with E-state index < -0.39 is 8.32 Å². The van der Waals surface area contributed by atoms with Crippen molar-refractivity contribution in [3.8, 4) is 0 Å². The van der Waals surface area contributed by atoms with E-state index in [1.54, 1.807) is 0 Å². The molecule has 0 radical (unpaired) electrons. The molecule has 0 heterocycles. The van der Waals surface area contributed by atoms with Crippen molar-refractivity contribution in [1.29, 1.82) is 0 Å². The van der Waals surface area contributed by atoms with Gasteiger partial charge >= 0.3 is 21.1 Å². The van der Waals surface area contributed by atoms with Gasteiger partial charge in [0.15, 0.2) is 0 Å². The van der Waals surface area contributed by atoms with Crippen LogP contribution in [0.3, 0.4) is 0 Å². The Kier molecular flexibility index (Phi) is 20.2. The molecule has 288 valence electrons. The van der Waals surface area contributed by atoms with Gasteiger partial charge in [-0.15, -0.1) is 33.7 Å². The molecule has 0 aromatic heterocycles. The van der Waals surface area contributed by atoms with Crippen molar-refractivity contribution in [1.82, 2.24) is 0 Å². The summed E-state index contributed by atoms with van der Waals surface area (Å²) >= 11 is 0. The summed E-state index contributed by atoms with van der Waals surface area (Å²) in [7, 11) is -1.69. The van der Waals surface area contributed by atoms with Crippen LogP contribution >= 0.6 is 0 Å². The second kappa shape index (κ2) is 21.5. The molecule has 0 spiro atoms. The summed E-state index contributed by atoms with van der Waals surface area (Å²) < 4.78 is 5.43. The van der Waals surface area contributed by atoms with Crippen molar-refractivity contribution in [2.75, 3.05) is 0 Å². The van der Waals surface area contributed by atoms with Crippen molar-refractivity contribution in [3.05, 3.63) is 145 Å². The van der Waals surface area contributed by atoms with E-state index in [-0.39, 0.29) is 43.6 Å². The van der Waals surface area contributed by atoms with Crippen LogP contribution in [-0.4, -0.2) is 30.8 Å². The van der Waals surface area contributed by atoms with Gasteiger partial charge in [0, 0.05) is 0 Å². The van der Waals surface area contributed by atoms with Gasteiger partial charge in [0.05, 0.1) is 0 Å². The van der Waals surface area contributed by atoms with Crippen molar-refractivity contribution in [2.24, 2.45) is 0 Å². The summed E-state index contributed by atoms with van der Waals surface area (Å²) in [5.41, 5.74) is 11.7. The third-order valence-corrected chi connectivity index (χ3v) is 7.24. The third-order valence-electron chi connectivity index (χ3n) is 6.44. The quantitative estimate of drug-likeness (QED) is 0.112. The second-order valence-corrected chi connectivity index (χ2v) is 22.2. The van der Waals surface area contributed by atoms with Crippen molar-refractivity contribution in [2.45, 2.75) is 140 Å². The van der Waals surface area contributed by atoms with E-state index in [0.717, 1.165) is 22.6 Å². The maximum absolute atomic E-state index is 9.59. The zero-order chi connectivity index (χ0) is 40.1. The Morgan fingerprint density at radius 2 is 0.717 bits per heavy atom. The van der Waals surface area contributed by atoms with E-state index in [1.807, 2.05) is 50.0 Å². The third kappa shape index (κ3) is 25.3. The number of hydrogen-bond donors (Lipinski definition) is 0. The molecule has 53 heavy (non-hydrogen) atoms. The predicted octanol–water partition coefficient (Wildman–Crippen LogP) is 15.2. The monoisotopic (exact) mass is 818 g/mol. The summed E-state index contributed by atoms with van der Waals surface area (Å²) in [5, 5.41) is 23.4. The minimum absolute atomic E-state index is 0. The molecule has 0 amide bonds. The van der Waals surface area contributed by atoms with Crippen LogP contribution in [0.25, 0.3) is 21.4 Å². The molecule has 4 aromatic carbocycles. The summed E-state index contributed by atoms with van der Waals surface area (Å²) in [6.45, 7) is 37.8. The van der Waals surface area contributed by atoms with Gasteiger partial charge in [-0.3, -0.25) is 0 Å². The van der Waals surface area contributed by atoms with Crippen LogP contribution in [0.4, 0.5) is 17.1 Å². The van der Waals surface area contributed by atoms with Crippen LogP contribution in [0.2, 0.25) is 19.6 Å². The largest absolute Gasteiger partial charge is 4.00 e. The fourth-order valence-electron chi connectivity index (χ4n) is 5.14. The molecular formula is C46H68MoN4OSi. The van der Waals surface area contributed by atoms with E-state index in [1.165, 1.54) is 33.4 Å². The first kappa shape index (κ1) is 49.7. The average molecular weight is 817 g/mol. The molecule has 0 N–H and O–H groups in total. The molecule has 0 aliphatic heterocycles. The Morgan fingerprint density at radius 1 is 0.472 bits per heavy atom. The van der Waals surface area contributed by atoms with E-state index in [2.05, 4.69) is 174 Å². The molecule has 0 unspecified atom stereocenters. The molecule has 0 aliphatic rings. The first-order chi connectivity index (χ1) is 23.6. The maximum atomic E-state index is 9.59. The Labute approximate surface area is 340 Å². The molecule has 0 bridgehead atoms. The van der Waals surface area contributed by atoms with Crippen LogP contribution in [-0.2, 0) is 25.5 Å². The first-order valence-electron chi connectivity index (χ1n) is 18.3. The first-order valence-corrected chi connectivity index (χ1v) is 21.7. The topological polar surface area (TPSA) is 73.8 Å². The van der Waals surface area contributed by atoms with Gasteiger partial charge in [0.1, 0.15) is 0 Å². The molecule has 4 aromatic rings. The van der Waals surface area contributed by atoms with Crippen molar-refractivity contribution < 1.29 is 25.5 Å². The molecule has 4 rings (SSSR count). The molecule has 0 saturated heterocycles. The van der Waals surface area contributed by atoms with Gasteiger partial charge in [-0.2, -0.15) is 0 Å². The minimum Gasteiger partial charge on any atom is -0.773 e. The molecule has 0 saturated carbocycles. The summed E-state index contributed by atoms with van der Waals surface area (Å²) in [6.07, 6.45) is 0. The molecular weight excluding hydrogens is 749 g/mol. The summed E-state index contributed by atoms with van der Waals surface area (Å²) in [5.74, 6) is 0.0415. The van der Waals surface area contributed by atoms with Crippen LogP contribution in [0, 0.1) is 41.5 Å². The van der Waals surface area contributed by atoms with E-state index in [4.69, 9.17) is 4.43 Å². The molecule has 0 fully saturated rings. The van der Waals surface area contributed by atoms with Gasteiger partial charge in [0.25, 0.3) is 0 Å². The Bertz CT molecular complexity index is 1480. The van der Waals surface area contributed by atoms with Gasteiger partial charge in [-0.25, -0.2) is 0 Å². The number of rotatable bonds is 5. The van der Waals surface area contributed by atoms with Gasteiger partial charge in [-0.1, -0.05) is 181 Å². The maximum Gasteiger partial charge on any atom is 4.00 e. The van der Waals surface area contributed by atoms with Gasteiger partial charge < -0.3 is 25.8 Å². The zero-order valence-corrected chi connectivity index (χ0v) is 39.2. The summed E-state index contributed by atoms with van der Waals surface area (Å²) in [4.78, 5) is 0. The molecule has 0 atom stereocenters. The number of nitrogens with zero attached hydrogens (tertiary/aromatic N) is 4. The Morgan fingerprint density at radius 3 is 0.925 bits per heavy atom. The molecule has 5 nitrogen and oxygen atoms in total. The van der Waals surface area contributed by atoms with Crippen molar-refractivity contribution >= 4 is 31.3 Å². The molecule has 0 aliphatic carbocycles. The average Bonchev–Trinajstić information content (AvgIpc) is 2.89. The van der Waals surface area contributed by atoms with E-state index in [0.29, 0.717) is 0 Å².